The van der Waals surface area contributed by atoms with E-state index in [9.17, 15) is 19.5 Å². The summed E-state index contributed by atoms with van der Waals surface area (Å²) < 4.78 is 15.6. The molecular weight excluding hydrogens is 634 g/mol. The van der Waals surface area contributed by atoms with Crippen molar-refractivity contribution >= 4 is 35.2 Å². The van der Waals surface area contributed by atoms with Crippen molar-refractivity contribution in [2.75, 3.05) is 38.1 Å². The minimum Gasteiger partial charge on any atom is -0.497 e. The van der Waals surface area contributed by atoms with Gasteiger partial charge in [-0.2, -0.15) is 0 Å². The van der Waals surface area contributed by atoms with E-state index in [2.05, 4.69) is 10.6 Å². The zero-order valence-corrected chi connectivity index (χ0v) is 29.0. The fraction of sp³-hybridized carbons (Fsp3) is 0.275. The maximum Gasteiger partial charge on any atom is 0.328 e. The number of hydrogen-bond acceptors (Lipinski definition) is 8. The number of aliphatic hydroxyl groups excluding tert-OH is 1. The Bertz CT molecular complexity index is 1710. The third-order valence-corrected chi connectivity index (χ3v) is 8.05. The van der Waals surface area contributed by atoms with E-state index in [1.54, 1.807) is 61.7 Å². The Balaban J connectivity index is 1.77. The number of ether oxygens (including phenoxy) is 3. The first-order chi connectivity index (χ1) is 24.1. The molecule has 4 aromatic carbocycles. The molecule has 10 heteroatoms. The van der Waals surface area contributed by atoms with Gasteiger partial charge in [0.25, 0.3) is 5.91 Å². The van der Waals surface area contributed by atoms with Crippen LogP contribution in [-0.4, -0.2) is 62.9 Å². The largest absolute Gasteiger partial charge is 0.497 e. The maximum absolute atomic E-state index is 14.6. The lowest BCUT2D eigenvalue weighted by Crippen LogP contribution is -2.48. The van der Waals surface area contributed by atoms with Gasteiger partial charge < -0.3 is 34.9 Å². The molecule has 50 heavy (non-hydrogen) atoms. The standard InChI is InChI=1S/C40H45N3O7/c1-27(2)24-35(40(47)50-5)42-38(45)30(25-28-12-8-6-9-13-28)26-43(32-18-22-34(49-4)23-19-32)39(46)37(44)36(29-14-10-7-11-15-29)41-31-16-20-33(48-3)21-17-31/h6-23,25,27,35-37,41,44H,24,26H2,1-5H3,(H,42,45)/b30-25+/t35-,36+,37+/m0/s1. The molecule has 0 unspecified atom stereocenters. The Kier molecular flexibility index (Phi) is 13.6. The monoisotopic (exact) mass is 679 g/mol. The van der Waals surface area contributed by atoms with Crippen LogP contribution in [0.4, 0.5) is 11.4 Å². The Hall–Kier alpha value is -5.61. The second-order valence-electron chi connectivity index (χ2n) is 12.1. The van der Waals surface area contributed by atoms with E-state index in [1.165, 1.54) is 19.1 Å². The van der Waals surface area contributed by atoms with Gasteiger partial charge in [0.05, 0.1) is 33.9 Å². The maximum atomic E-state index is 14.6. The molecule has 0 aromatic heterocycles. The molecule has 3 atom stereocenters. The van der Waals surface area contributed by atoms with Crippen LogP contribution in [0.5, 0.6) is 11.5 Å². The molecule has 0 heterocycles. The van der Waals surface area contributed by atoms with E-state index in [0.29, 0.717) is 40.4 Å². The number of amides is 2. The third-order valence-electron chi connectivity index (χ3n) is 8.05. The van der Waals surface area contributed by atoms with Gasteiger partial charge in [0.2, 0.25) is 5.91 Å². The molecule has 0 fully saturated rings. The molecule has 262 valence electrons. The number of methoxy groups -OCH3 is 3. The molecular formula is C40H45N3O7. The van der Waals surface area contributed by atoms with Gasteiger partial charge in [-0.15, -0.1) is 0 Å². The van der Waals surface area contributed by atoms with Crippen LogP contribution in [0, 0.1) is 5.92 Å². The summed E-state index contributed by atoms with van der Waals surface area (Å²) in [6.07, 6.45) is 0.415. The van der Waals surface area contributed by atoms with E-state index < -0.39 is 36.0 Å². The summed E-state index contributed by atoms with van der Waals surface area (Å²) in [7, 11) is 4.39. The van der Waals surface area contributed by atoms with Crippen molar-refractivity contribution in [2.45, 2.75) is 38.5 Å². The minimum absolute atomic E-state index is 0.0848. The second kappa shape index (κ2) is 18.2. The fourth-order valence-corrected chi connectivity index (χ4v) is 5.42. The van der Waals surface area contributed by atoms with Crippen molar-refractivity contribution in [3.8, 4) is 11.5 Å². The Morgan fingerprint density at radius 2 is 1.34 bits per heavy atom. The van der Waals surface area contributed by atoms with Crippen LogP contribution in [-0.2, 0) is 19.1 Å². The molecule has 0 radical (unpaired) electrons. The Morgan fingerprint density at radius 3 is 1.88 bits per heavy atom. The molecule has 0 saturated heterocycles. The van der Waals surface area contributed by atoms with Gasteiger partial charge in [-0.25, -0.2) is 4.79 Å². The van der Waals surface area contributed by atoms with E-state index in [0.717, 1.165) is 0 Å². The average molecular weight is 680 g/mol. The lowest BCUT2D eigenvalue weighted by atomic mass is 9.99. The third kappa shape index (κ3) is 10.2. The van der Waals surface area contributed by atoms with Crippen molar-refractivity contribution in [1.82, 2.24) is 5.32 Å². The highest BCUT2D eigenvalue weighted by Crippen LogP contribution is 2.29. The van der Waals surface area contributed by atoms with Crippen molar-refractivity contribution < 1.29 is 33.7 Å². The van der Waals surface area contributed by atoms with Gasteiger partial charge in [0.1, 0.15) is 17.5 Å². The number of nitrogens with one attached hydrogen (secondary N) is 2. The molecule has 4 rings (SSSR count). The van der Waals surface area contributed by atoms with Crippen molar-refractivity contribution in [1.29, 1.82) is 0 Å². The van der Waals surface area contributed by atoms with Crippen LogP contribution in [0.1, 0.15) is 37.4 Å². The number of anilines is 2. The molecule has 4 aromatic rings. The highest BCUT2D eigenvalue weighted by molar-refractivity contribution is 6.04. The molecule has 0 aliphatic heterocycles. The van der Waals surface area contributed by atoms with E-state index >= 15 is 0 Å². The van der Waals surface area contributed by atoms with Crippen molar-refractivity contribution in [3.63, 3.8) is 0 Å². The summed E-state index contributed by atoms with van der Waals surface area (Å²) >= 11 is 0. The van der Waals surface area contributed by atoms with Crippen LogP contribution >= 0.6 is 0 Å². The Labute approximate surface area is 293 Å². The lowest BCUT2D eigenvalue weighted by molar-refractivity contribution is -0.145. The summed E-state index contributed by atoms with van der Waals surface area (Å²) in [6.45, 7) is 3.65. The molecule has 0 bridgehead atoms. The zero-order valence-electron chi connectivity index (χ0n) is 29.0. The molecule has 10 nitrogen and oxygen atoms in total. The SMILES string of the molecule is COC(=O)[C@H](CC(C)C)NC(=O)/C(=C/c1ccccc1)CN(C(=O)[C@H](O)[C@H](Nc1ccc(OC)cc1)c1ccccc1)c1ccc(OC)cc1. The zero-order chi connectivity index (χ0) is 36.0. The number of hydrogen-bond donors (Lipinski definition) is 3. The molecule has 0 saturated carbocycles. The Morgan fingerprint density at radius 1 is 0.780 bits per heavy atom. The number of carbonyl (C=O) groups is 3. The smallest absolute Gasteiger partial charge is 0.328 e. The summed E-state index contributed by atoms with van der Waals surface area (Å²) in [5, 5.41) is 18.1. The van der Waals surface area contributed by atoms with E-state index in [-0.39, 0.29) is 18.0 Å². The van der Waals surface area contributed by atoms with E-state index in [1.807, 2.05) is 74.5 Å². The predicted octanol–water partition coefficient (Wildman–Crippen LogP) is 6.04. The van der Waals surface area contributed by atoms with Crippen molar-refractivity contribution in [3.05, 3.63) is 126 Å². The van der Waals surface area contributed by atoms with Gasteiger partial charge >= 0.3 is 5.97 Å². The molecule has 0 aliphatic rings. The minimum atomic E-state index is -1.61. The number of aliphatic hydroxyl groups is 1. The van der Waals surface area contributed by atoms with Crippen LogP contribution < -0.4 is 25.0 Å². The van der Waals surface area contributed by atoms with Crippen LogP contribution in [0.2, 0.25) is 0 Å². The normalized spacial score (nSPS) is 13.1. The summed E-state index contributed by atoms with van der Waals surface area (Å²) in [5.41, 5.74) is 2.65. The van der Waals surface area contributed by atoms with Crippen LogP contribution in [0.15, 0.2) is 115 Å². The number of esters is 1. The number of carbonyl (C=O) groups excluding carboxylic acids is 3. The number of nitrogens with zero attached hydrogens (tertiary/aromatic N) is 1. The van der Waals surface area contributed by atoms with Gasteiger partial charge in [0.15, 0.2) is 6.10 Å². The number of benzene rings is 4. The fourth-order valence-electron chi connectivity index (χ4n) is 5.42. The summed E-state index contributed by atoms with van der Waals surface area (Å²) in [4.78, 5) is 42.7. The predicted molar refractivity (Wildman–Crippen MR) is 195 cm³/mol. The summed E-state index contributed by atoms with van der Waals surface area (Å²) in [6, 6.07) is 30.5. The molecule has 0 spiro atoms. The second-order valence-corrected chi connectivity index (χ2v) is 12.1. The lowest BCUT2D eigenvalue weighted by Gasteiger charge is -2.31. The average Bonchev–Trinajstić information content (AvgIpc) is 3.15. The van der Waals surface area contributed by atoms with Crippen LogP contribution in [0.25, 0.3) is 6.08 Å². The number of rotatable bonds is 16. The first-order valence-corrected chi connectivity index (χ1v) is 16.4. The van der Waals surface area contributed by atoms with Gasteiger partial charge in [0, 0.05) is 16.9 Å². The van der Waals surface area contributed by atoms with Crippen molar-refractivity contribution in [2.24, 2.45) is 5.92 Å². The quantitative estimate of drug-likeness (QED) is 0.0968. The van der Waals surface area contributed by atoms with Crippen LogP contribution in [0.3, 0.4) is 0 Å². The highest BCUT2D eigenvalue weighted by atomic mass is 16.5. The first kappa shape index (κ1) is 37.2. The summed E-state index contributed by atoms with van der Waals surface area (Å²) in [5.74, 6) is -0.475. The molecule has 2 amide bonds. The van der Waals surface area contributed by atoms with Gasteiger partial charge in [-0.05, 0) is 78.1 Å². The van der Waals surface area contributed by atoms with Gasteiger partial charge in [-0.3, -0.25) is 9.59 Å². The first-order valence-electron chi connectivity index (χ1n) is 16.4. The topological polar surface area (TPSA) is 126 Å². The molecule has 0 aliphatic carbocycles. The van der Waals surface area contributed by atoms with Gasteiger partial charge in [-0.1, -0.05) is 74.5 Å². The molecule has 3 N–H and O–H groups in total. The van der Waals surface area contributed by atoms with E-state index in [4.69, 9.17) is 14.2 Å². The highest BCUT2D eigenvalue weighted by Gasteiger charge is 2.34.